The predicted octanol–water partition coefficient (Wildman–Crippen LogP) is 5.23. The summed E-state index contributed by atoms with van der Waals surface area (Å²) in [6.45, 7) is 6.14. The number of anilines is 1. The summed E-state index contributed by atoms with van der Waals surface area (Å²) in [5.74, 6) is 1.42. The Balaban J connectivity index is 1.72. The number of halogens is 1. The summed E-state index contributed by atoms with van der Waals surface area (Å²) in [5.41, 5.74) is 2.53. The van der Waals surface area contributed by atoms with Gasteiger partial charge in [-0.1, -0.05) is 31.5 Å². The summed E-state index contributed by atoms with van der Waals surface area (Å²) >= 11 is 7.30. The molecule has 0 aliphatic carbocycles. The molecule has 4 nitrogen and oxygen atoms in total. The van der Waals surface area contributed by atoms with E-state index < -0.39 is 0 Å². The maximum atomic E-state index is 12.2. The van der Waals surface area contributed by atoms with Crippen molar-refractivity contribution in [1.29, 1.82) is 0 Å². The van der Waals surface area contributed by atoms with Gasteiger partial charge in [0.15, 0.2) is 0 Å². The number of hydrogen-bond donors (Lipinski definition) is 1. The third-order valence-electron chi connectivity index (χ3n) is 3.65. The molecule has 0 aliphatic heterocycles. The summed E-state index contributed by atoms with van der Waals surface area (Å²) in [7, 11) is 0. The smallest absolute Gasteiger partial charge is 0.229 e. The largest absolute Gasteiger partial charge is 0.461 e. The Labute approximate surface area is 150 Å². The van der Waals surface area contributed by atoms with Crippen LogP contribution in [0.1, 0.15) is 30.9 Å². The fraction of sp³-hybridized carbons (Fsp3) is 0.333. The van der Waals surface area contributed by atoms with Crippen molar-refractivity contribution in [2.45, 2.75) is 33.6 Å². The molecule has 0 atom stereocenters. The minimum Gasteiger partial charge on any atom is -0.461 e. The predicted molar refractivity (Wildman–Crippen MR) is 99.0 cm³/mol. The number of aromatic nitrogens is 1. The van der Waals surface area contributed by atoms with Gasteiger partial charge in [0, 0.05) is 11.8 Å². The van der Waals surface area contributed by atoms with Gasteiger partial charge >= 0.3 is 0 Å². The Morgan fingerprint density at radius 3 is 2.83 bits per heavy atom. The standard InChI is InChI=1S/C18H19ClN2O2S/c1-10(2)6-14-9-13-7-12(4-5-15(13)23-14)8-16(22)20-18-17(19)11(3)21-24-18/h4-5,7,9-10H,6,8H2,1-3H3,(H,20,22). The first kappa shape index (κ1) is 17.0. The van der Waals surface area contributed by atoms with E-state index in [4.69, 9.17) is 16.0 Å². The van der Waals surface area contributed by atoms with Crippen LogP contribution in [0.3, 0.4) is 0 Å². The molecule has 1 amide bonds. The topological polar surface area (TPSA) is 55.1 Å². The molecule has 0 saturated heterocycles. The van der Waals surface area contributed by atoms with Gasteiger partial charge in [0.25, 0.3) is 0 Å². The number of carbonyl (C=O) groups is 1. The second-order valence-electron chi connectivity index (χ2n) is 6.32. The van der Waals surface area contributed by atoms with Crippen LogP contribution < -0.4 is 5.32 Å². The molecule has 3 aromatic rings. The number of furan rings is 1. The first-order valence-corrected chi connectivity index (χ1v) is 9.00. The van der Waals surface area contributed by atoms with Gasteiger partial charge in [0.2, 0.25) is 5.91 Å². The Kier molecular flexibility index (Phi) is 4.92. The van der Waals surface area contributed by atoms with Gasteiger partial charge in [-0.3, -0.25) is 4.79 Å². The van der Waals surface area contributed by atoms with Gasteiger partial charge in [-0.2, -0.15) is 4.37 Å². The van der Waals surface area contributed by atoms with Crippen LogP contribution >= 0.6 is 23.1 Å². The average molecular weight is 363 g/mol. The lowest BCUT2D eigenvalue weighted by atomic mass is 10.1. The van der Waals surface area contributed by atoms with Gasteiger partial charge in [-0.25, -0.2) is 0 Å². The lowest BCUT2D eigenvalue weighted by molar-refractivity contribution is -0.115. The van der Waals surface area contributed by atoms with Crippen LogP contribution in [0.15, 0.2) is 28.7 Å². The van der Waals surface area contributed by atoms with Crippen molar-refractivity contribution in [3.8, 4) is 0 Å². The first-order chi connectivity index (χ1) is 11.4. The summed E-state index contributed by atoms with van der Waals surface area (Å²) < 4.78 is 9.95. The number of rotatable bonds is 5. The summed E-state index contributed by atoms with van der Waals surface area (Å²) in [4.78, 5) is 12.2. The molecule has 0 unspecified atom stereocenters. The summed E-state index contributed by atoms with van der Waals surface area (Å²) in [5, 5.41) is 4.96. The van der Waals surface area contributed by atoms with Crippen molar-refractivity contribution in [1.82, 2.24) is 4.37 Å². The van der Waals surface area contributed by atoms with Crippen LogP contribution in [0.4, 0.5) is 5.00 Å². The molecule has 0 radical (unpaired) electrons. The van der Waals surface area contributed by atoms with Crippen LogP contribution in [0.5, 0.6) is 0 Å². The zero-order valence-electron chi connectivity index (χ0n) is 13.9. The van der Waals surface area contributed by atoms with Crippen molar-refractivity contribution in [3.63, 3.8) is 0 Å². The SMILES string of the molecule is Cc1nsc(NC(=O)Cc2ccc3oc(CC(C)C)cc3c2)c1Cl. The van der Waals surface area contributed by atoms with Crippen LogP contribution in [-0.4, -0.2) is 10.3 Å². The normalized spacial score (nSPS) is 11.4. The van der Waals surface area contributed by atoms with Crippen molar-refractivity contribution in [2.75, 3.05) is 5.32 Å². The Bertz CT molecular complexity index is 882. The number of aryl methyl sites for hydroxylation is 1. The molecule has 0 fully saturated rings. The van der Waals surface area contributed by atoms with Gasteiger partial charge in [0.05, 0.1) is 17.1 Å². The molecule has 0 saturated carbocycles. The van der Waals surface area contributed by atoms with Crippen LogP contribution in [0.2, 0.25) is 5.02 Å². The highest BCUT2D eigenvalue weighted by Gasteiger charge is 2.13. The number of nitrogens with one attached hydrogen (secondary N) is 1. The number of fused-ring (bicyclic) bond motifs is 1. The highest BCUT2D eigenvalue weighted by molar-refractivity contribution is 7.11. The second-order valence-corrected chi connectivity index (χ2v) is 7.47. The van der Waals surface area contributed by atoms with Crippen LogP contribution in [0, 0.1) is 12.8 Å². The maximum Gasteiger partial charge on any atom is 0.229 e. The number of hydrogen-bond acceptors (Lipinski definition) is 4. The molecule has 126 valence electrons. The minimum atomic E-state index is -0.106. The zero-order chi connectivity index (χ0) is 17.3. The molecule has 0 spiro atoms. The fourth-order valence-electron chi connectivity index (χ4n) is 2.55. The Morgan fingerprint density at radius 1 is 1.38 bits per heavy atom. The van der Waals surface area contributed by atoms with E-state index in [1.807, 2.05) is 25.1 Å². The zero-order valence-corrected chi connectivity index (χ0v) is 15.4. The number of benzene rings is 1. The third-order valence-corrected chi connectivity index (χ3v) is 5.08. The molecule has 2 aromatic heterocycles. The van der Waals surface area contributed by atoms with E-state index in [0.717, 1.165) is 34.4 Å². The minimum absolute atomic E-state index is 0.106. The van der Waals surface area contributed by atoms with Crippen molar-refractivity contribution in [2.24, 2.45) is 5.92 Å². The summed E-state index contributed by atoms with van der Waals surface area (Å²) in [6, 6.07) is 7.90. The highest BCUT2D eigenvalue weighted by Crippen LogP contribution is 2.29. The van der Waals surface area contributed by atoms with Gasteiger partial charge in [-0.15, -0.1) is 0 Å². The van der Waals surface area contributed by atoms with E-state index in [9.17, 15) is 4.79 Å². The number of amides is 1. The van der Waals surface area contributed by atoms with E-state index in [0.29, 0.717) is 15.9 Å². The summed E-state index contributed by atoms with van der Waals surface area (Å²) in [6.07, 6.45) is 1.20. The Hall–Kier alpha value is -1.85. The van der Waals surface area contributed by atoms with Gasteiger partial charge in [0.1, 0.15) is 16.3 Å². The lowest BCUT2D eigenvalue weighted by Crippen LogP contribution is -2.13. The molecule has 24 heavy (non-hydrogen) atoms. The van der Waals surface area contributed by atoms with Gasteiger partial charge < -0.3 is 9.73 Å². The molecule has 2 heterocycles. The average Bonchev–Trinajstić information content (AvgIpc) is 3.03. The molecule has 0 aliphatic rings. The monoisotopic (exact) mass is 362 g/mol. The van der Waals surface area contributed by atoms with Crippen LogP contribution in [0.25, 0.3) is 11.0 Å². The number of carbonyl (C=O) groups excluding carboxylic acids is 1. The molecular formula is C18H19ClN2O2S. The molecule has 0 bridgehead atoms. The van der Waals surface area contributed by atoms with E-state index in [2.05, 4.69) is 29.6 Å². The number of nitrogens with zero attached hydrogens (tertiary/aromatic N) is 1. The quantitative estimate of drug-likeness (QED) is 0.676. The molecule has 6 heteroatoms. The van der Waals surface area contributed by atoms with Crippen molar-refractivity contribution in [3.05, 3.63) is 46.3 Å². The molecule has 3 rings (SSSR count). The molecular weight excluding hydrogens is 344 g/mol. The van der Waals surface area contributed by atoms with E-state index in [1.54, 1.807) is 0 Å². The fourth-order valence-corrected chi connectivity index (χ4v) is 3.50. The van der Waals surface area contributed by atoms with Crippen molar-refractivity contribution < 1.29 is 9.21 Å². The Morgan fingerprint density at radius 2 is 2.17 bits per heavy atom. The second kappa shape index (κ2) is 6.95. The van der Waals surface area contributed by atoms with E-state index in [-0.39, 0.29) is 12.3 Å². The van der Waals surface area contributed by atoms with Gasteiger partial charge in [-0.05, 0) is 48.1 Å². The van der Waals surface area contributed by atoms with E-state index >= 15 is 0 Å². The molecule has 1 aromatic carbocycles. The maximum absolute atomic E-state index is 12.2. The first-order valence-electron chi connectivity index (χ1n) is 7.85. The van der Waals surface area contributed by atoms with Crippen molar-refractivity contribution >= 4 is 45.0 Å². The van der Waals surface area contributed by atoms with E-state index in [1.165, 1.54) is 11.5 Å². The lowest BCUT2D eigenvalue weighted by Gasteiger charge is -2.03. The highest BCUT2D eigenvalue weighted by atomic mass is 35.5. The molecule has 1 N–H and O–H groups in total. The third kappa shape index (κ3) is 3.79. The van der Waals surface area contributed by atoms with Crippen LogP contribution in [-0.2, 0) is 17.6 Å².